The van der Waals surface area contributed by atoms with E-state index in [1.165, 1.54) is 19.3 Å². The van der Waals surface area contributed by atoms with Crippen LogP contribution in [0.5, 0.6) is 0 Å². The maximum atomic E-state index is 12.1. The van der Waals surface area contributed by atoms with Gasteiger partial charge in [-0.1, -0.05) is 0 Å². The molecule has 0 saturated carbocycles. The van der Waals surface area contributed by atoms with Crippen molar-refractivity contribution < 1.29 is 9.53 Å². The number of hydrogen-bond donors (Lipinski definition) is 1. The van der Waals surface area contributed by atoms with Crippen LogP contribution in [-0.2, 0) is 9.53 Å². The van der Waals surface area contributed by atoms with Crippen molar-refractivity contribution in [3.8, 4) is 0 Å². The summed E-state index contributed by atoms with van der Waals surface area (Å²) < 4.78 is 5.98. The van der Waals surface area contributed by atoms with Crippen LogP contribution in [0, 0.1) is 5.92 Å². The lowest BCUT2D eigenvalue weighted by Crippen LogP contribution is -2.56. The van der Waals surface area contributed by atoms with E-state index >= 15 is 0 Å². The number of nitrogens with zero attached hydrogens (tertiary/aromatic N) is 1. The predicted molar refractivity (Wildman–Crippen MR) is 64.7 cm³/mol. The summed E-state index contributed by atoms with van der Waals surface area (Å²) in [5.41, 5.74) is 0.118. The van der Waals surface area contributed by atoms with Gasteiger partial charge in [0.2, 0.25) is 5.91 Å². The monoisotopic (exact) mass is 238 g/mol. The smallest absolute Gasteiger partial charge is 0.228 e. The Labute approximate surface area is 103 Å². The molecule has 0 aromatic rings. The van der Waals surface area contributed by atoms with Crippen LogP contribution in [0.4, 0.5) is 0 Å². The van der Waals surface area contributed by atoms with Crippen molar-refractivity contribution in [3.63, 3.8) is 0 Å². The van der Waals surface area contributed by atoms with Crippen molar-refractivity contribution in [1.29, 1.82) is 0 Å². The molecule has 3 rings (SSSR count). The highest BCUT2D eigenvalue weighted by Gasteiger charge is 2.39. The molecule has 0 radical (unpaired) electrons. The minimum absolute atomic E-state index is 0.118. The van der Waals surface area contributed by atoms with Gasteiger partial charge in [0, 0.05) is 32.8 Å². The zero-order valence-electron chi connectivity index (χ0n) is 10.4. The van der Waals surface area contributed by atoms with E-state index in [1.807, 2.05) is 0 Å². The highest BCUT2D eigenvalue weighted by molar-refractivity contribution is 5.80. The van der Waals surface area contributed by atoms with E-state index in [4.69, 9.17) is 4.74 Å². The second kappa shape index (κ2) is 4.58. The lowest BCUT2D eigenvalue weighted by molar-refractivity contribution is -0.147. The molecule has 1 N–H and O–H groups in total. The Morgan fingerprint density at radius 2 is 1.94 bits per heavy atom. The molecule has 3 aliphatic rings. The van der Waals surface area contributed by atoms with Gasteiger partial charge in [0.25, 0.3) is 0 Å². The maximum absolute atomic E-state index is 12.1. The molecule has 0 unspecified atom stereocenters. The van der Waals surface area contributed by atoms with Gasteiger partial charge in [0.15, 0.2) is 0 Å². The average Bonchev–Trinajstić information content (AvgIpc) is 2.28. The van der Waals surface area contributed by atoms with E-state index in [9.17, 15) is 4.79 Å². The van der Waals surface area contributed by atoms with E-state index < -0.39 is 0 Å². The van der Waals surface area contributed by atoms with Crippen LogP contribution in [0.2, 0.25) is 0 Å². The number of nitrogens with one attached hydrogen (secondary N) is 1. The third-order valence-corrected chi connectivity index (χ3v) is 4.55. The predicted octanol–water partition coefficient (Wildman–Crippen LogP) is 0.767. The molecule has 3 saturated heterocycles. The van der Waals surface area contributed by atoms with Gasteiger partial charge in [-0.25, -0.2) is 0 Å². The van der Waals surface area contributed by atoms with Crippen LogP contribution >= 0.6 is 0 Å². The third kappa shape index (κ3) is 2.20. The molecule has 96 valence electrons. The molecule has 17 heavy (non-hydrogen) atoms. The lowest BCUT2D eigenvalue weighted by Gasteiger charge is -2.45. The quantitative estimate of drug-likeness (QED) is 0.733. The molecule has 1 amide bonds. The van der Waals surface area contributed by atoms with Gasteiger partial charge < -0.3 is 15.0 Å². The molecule has 0 bridgehead atoms. The Hall–Kier alpha value is -0.610. The number of likely N-dealkylation sites (tertiary alicyclic amines) is 1. The van der Waals surface area contributed by atoms with Gasteiger partial charge in [-0.05, 0) is 32.1 Å². The van der Waals surface area contributed by atoms with Gasteiger partial charge in [-0.2, -0.15) is 0 Å². The summed E-state index contributed by atoms with van der Waals surface area (Å²) >= 11 is 0. The maximum Gasteiger partial charge on any atom is 0.228 e. The minimum Gasteiger partial charge on any atom is -0.375 e. The van der Waals surface area contributed by atoms with Crippen molar-refractivity contribution in [2.75, 3.05) is 32.8 Å². The first-order chi connectivity index (χ1) is 8.29. The molecule has 0 aromatic carbocycles. The second-order valence-electron chi connectivity index (χ2n) is 5.67. The number of hydrogen-bond acceptors (Lipinski definition) is 3. The molecule has 3 fully saturated rings. The zero-order chi connectivity index (χ0) is 11.7. The van der Waals surface area contributed by atoms with Gasteiger partial charge in [0.05, 0.1) is 11.5 Å². The largest absolute Gasteiger partial charge is 0.375 e. The molecule has 1 spiro atoms. The Morgan fingerprint density at radius 1 is 1.18 bits per heavy atom. The molecule has 3 aliphatic heterocycles. The highest BCUT2D eigenvalue weighted by Crippen LogP contribution is 2.35. The first-order valence-electron chi connectivity index (χ1n) is 6.93. The summed E-state index contributed by atoms with van der Waals surface area (Å²) in [6.07, 6.45) is 5.77. The third-order valence-electron chi connectivity index (χ3n) is 4.55. The van der Waals surface area contributed by atoms with E-state index in [1.54, 1.807) is 0 Å². The van der Waals surface area contributed by atoms with E-state index in [-0.39, 0.29) is 11.5 Å². The van der Waals surface area contributed by atoms with E-state index in [0.29, 0.717) is 5.91 Å². The number of carbonyl (C=O) groups is 1. The lowest BCUT2D eigenvalue weighted by atomic mass is 9.84. The number of ether oxygens (including phenoxy) is 1. The van der Waals surface area contributed by atoms with Crippen LogP contribution in [0.3, 0.4) is 0 Å². The fourth-order valence-corrected chi connectivity index (χ4v) is 3.16. The average molecular weight is 238 g/mol. The summed E-state index contributed by atoms with van der Waals surface area (Å²) in [6.45, 7) is 4.46. The summed E-state index contributed by atoms with van der Waals surface area (Å²) in [7, 11) is 0. The van der Waals surface area contributed by atoms with Gasteiger partial charge in [-0.3, -0.25) is 4.79 Å². The summed E-state index contributed by atoms with van der Waals surface area (Å²) in [5.74, 6) is 0.603. The molecule has 0 atom stereocenters. The van der Waals surface area contributed by atoms with Crippen molar-refractivity contribution >= 4 is 5.91 Å². The molecule has 4 heteroatoms. The zero-order valence-corrected chi connectivity index (χ0v) is 10.4. The molecular formula is C13H22N2O2. The fraction of sp³-hybridized carbons (Fsp3) is 0.923. The minimum atomic E-state index is 0.118. The topological polar surface area (TPSA) is 41.6 Å². The highest BCUT2D eigenvalue weighted by atomic mass is 16.5. The van der Waals surface area contributed by atoms with Crippen molar-refractivity contribution in [3.05, 3.63) is 0 Å². The molecule has 0 aromatic heterocycles. The van der Waals surface area contributed by atoms with E-state index in [2.05, 4.69) is 10.2 Å². The normalized spacial score (nSPS) is 29.1. The Bertz CT molecular complexity index is 286. The second-order valence-corrected chi connectivity index (χ2v) is 5.67. The van der Waals surface area contributed by atoms with Crippen molar-refractivity contribution in [2.45, 2.75) is 37.7 Å². The first-order valence-corrected chi connectivity index (χ1v) is 6.93. The number of carbonyl (C=O) groups excluding carboxylic acids is 1. The summed E-state index contributed by atoms with van der Waals surface area (Å²) in [6, 6.07) is 0. The van der Waals surface area contributed by atoms with Gasteiger partial charge >= 0.3 is 0 Å². The molecular weight excluding hydrogens is 216 g/mol. The van der Waals surface area contributed by atoms with Crippen LogP contribution in [0.15, 0.2) is 0 Å². The van der Waals surface area contributed by atoms with Crippen LogP contribution in [-0.4, -0.2) is 49.2 Å². The Morgan fingerprint density at radius 3 is 2.47 bits per heavy atom. The van der Waals surface area contributed by atoms with Crippen LogP contribution < -0.4 is 5.32 Å². The standard InChI is InChI=1S/C13H22N2O2/c16-12(11-9-14-10-11)15-6-4-13(5-7-15)3-1-2-8-17-13/h11,14H,1-10H2. The number of rotatable bonds is 1. The fourth-order valence-electron chi connectivity index (χ4n) is 3.16. The molecule has 4 nitrogen and oxygen atoms in total. The molecule has 0 aliphatic carbocycles. The number of piperidine rings is 1. The van der Waals surface area contributed by atoms with Crippen molar-refractivity contribution in [1.82, 2.24) is 10.2 Å². The first kappa shape index (κ1) is 11.5. The van der Waals surface area contributed by atoms with Gasteiger partial charge in [-0.15, -0.1) is 0 Å². The van der Waals surface area contributed by atoms with Crippen LogP contribution in [0.1, 0.15) is 32.1 Å². The summed E-state index contributed by atoms with van der Waals surface area (Å²) in [4.78, 5) is 14.1. The SMILES string of the molecule is O=C(C1CNC1)N1CCC2(CCCCO2)CC1. The number of amides is 1. The van der Waals surface area contributed by atoms with Crippen LogP contribution in [0.25, 0.3) is 0 Å². The Kier molecular flexibility index (Phi) is 3.09. The summed E-state index contributed by atoms with van der Waals surface area (Å²) in [5, 5.41) is 3.17. The van der Waals surface area contributed by atoms with Crippen molar-refractivity contribution in [2.24, 2.45) is 5.92 Å². The van der Waals surface area contributed by atoms with E-state index in [0.717, 1.165) is 45.6 Å². The Balaban J connectivity index is 1.54. The molecule has 3 heterocycles. The van der Waals surface area contributed by atoms with Gasteiger partial charge in [0.1, 0.15) is 0 Å².